The highest BCUT2D eigenvalue weighted by Gasteiger charge is 2.32. The molecule has 1 aliphatic rings. The molecule has 0 amide bonds. The highest BCUT2D eigenvalue weighted by molar-refractivity contribution is 7.89. The number of rotatable bonds is 3. The number of sulfonamides is 1. The standard InChI is InChI=1S/C11H16N2O2S/c1-9-5-3-4-6-11(9)16(14,15)13(2)10-7-12-8-10/h3-6,10,12H,7-8H2,1-2H3. The predicted octanol–water partition coefficient (Wildman–Crippen LogP) is 0.587. The Hall–Kier alpha value is -0.910. The maximum absolute atomic E-state index is 12.3. The van der Waals surface area contributed by atoms with Crippen LogP contribution >= 0.6 is 0 Å². The number of nitrogens with one attached hydrogen (secondary N) is 1. The first kappa shape index (κ1) is 11.6. The predicted molar refractivity (Wildman–Crippen MR) is 62.8 cm³/mol. The molecular weight excluding hydrogens is 224 g/mol. The summed E-state index contributed by atoms with van der Waals surface area (Å²) in [6, 6.07) is 7.17. The van der Waals surface area contributed by atoms with Crippen molar-refractivity contribution in [3.63, 3.8) is 0 Å². The quantitative estimate of drug-likeness (QED) is 0.841. The second-order valence-electron chi connectivity index (χ2n) is 4.10. The van der Waals surface area contributed by atoms with Gasteiger partial charge < -0.3 is 5.32 Å². The Morgan fingerprint density at radius 3 is 2.44 bits per heavy atom. The molecule has 88 valence electrons. The third kappa shape index (κ3) is 1.86. The molecule has 1 fully saturated rings. The minimum absolute atomic E-state index is 0.0876. The summed E-state index contributed by atoms with van der Waals surface area (Å²) in [5.74, 6) is 0. The molecule has 2 rings (SSSR count). The molecular formula is C11H16N2O2S. The molecule has 1 heterocycles. The van der Waals surface area contributed by atoms with Crippen molar-refractivity contribution in [1.29, 1.82) is 0 Å². The van der Waals surface area contributed by atoms with Crippen molar-refractivity contribution >= 4 is 10.0 Å². The second kappa shape index (κ2) is 4.16. The zero-order valence-electron chi connectivity index (χ0n) is 9.47. The minimum atomic E-state index is -3.34. The van der Waals surface area contributed by atoms with E-state index in [1.807, 2.05) is 19.1 Å². The van der Waals surface area contributed by atoms with Crippen LogP contribution in [0.15, 0.2) is 29.2 Å². The number of benzene rings is 1. The van der Waals surface area contributed by atoms with Gasteiger partial charge in [-0.3, -0.25) is 0 Å². The summed E-state index contributed by atoms with van der Waals surface area (Å²) in [7, 11) is -1.69. The Morgan fingerprint density at radius 2 is 1.94 bits per heavy atom. The molecule has 0 saturated carbocycles. The van der Waals surface area contributed by atoms with E-state index in [0.717, 1.165) is 18.7 Å². The van der Waals surface area contributed by atoms with E-state index in [-0.39, 0.29) is 6.04 Å². The van der Waals surface area contributed by atoms with E-state index in [2.05, 4.69) is 5.32 Å². The average Bonchev–Trinajstić information content (AvgIpc) is 2.15. The average molecular weight is 240 g/mol. The highest BCUT2D eigenvalue weighted by atomic mass is 32.2. The molecule has 16 heavy (non-hydrogen) atoms. The zero-order valence-corrected chi connectivity index (χ0v) is 10.3. The van der Waals surface area contributed by atoms with Gasteiger partial charge >= 0.3 is 0 Å². The van der Waals surface area contributed by atoms with Crippen molar-refractivity contribution in [2.45, 2.75) is 17.9 Å². The van der Waals surface area contributed by atoms with Gasteiger partial charge in [0.05, 0.1) is 4.90 Å². The van der Waals surface area contributed by atoms with Crippen molar-refractivity contribution in [3.05, 3.63) is 29.8 Å². The lowest BCUT2D eigenvalue weighted by atomic mass is 10.2. The summed E-state index contributed by atoms with van der Waals surface area (Å²) in [5, 5.41) is 3.07. The molecule has 0 bridgehead atoms. The molecule has 0 atom stereocenters. The van der Waals surface area contributed by atoms with Crippen LogP contribution in [0.5, 0.6) is 0 Å². The van der Waals surface area contributed by atoms with Crippen LogP contribution in [0.4, 0.5) is 0 Å². The summed E-state index contributed by atoms with van der Waals surface area (Å²) in [5.41, 5.74) is 0.793. The Bertz CT molecular complexity index is 481. The van der Waals surface area contributed by atoms with E-state index >= 15 is 0 Å². The first-order chi connectivity index (χ1) is 7.53. The summed E-state index contributed by atoms with van der Waals surface area (Å²) in [6.07, 6.45) is 0. The number of likely N-dealkylation sites (N-methyl/N-ethyl adjacent to an activating group) is 1. The molecule has 1 saturated heterocycles. The second-order valence-corrected chi connectivity index (χ2v) is 6.06. The van der Waals surface area contributed by atoms with Gasteiger partial charge in [0, 0.05) is 26.2 Å². The number of nitrogens with zero attached hydrogens (tertiary/aromatic N) is 1. The fourth-order valence-corrected chi connectivity index (χ4v) is 3.31. The van der Waals surface area contributed by atoms with Crippen molar-refractivity contribution in [3.8, 4) is 0 Å². The zero-order chi connectivity index (χ0) is 11.8. The molecule has 0 aromatic heterocycles. The Labute approximate surface area is 96.3 Å². The van der Waals surface area contributed by atoms with Gasteiger partial charge in [0.25, 0.3) is 0 Å². The lowest BCUT2D eigenvalue weighted by molar-refractivity contribution is 0.274. The van der Waals surface area contributed by atoms with Gasteiger partial charge in [0.15, 0.2) is 0 Å². The summed E-state index contributed by atoms with van der Waals surface area (Å²) >= 11 is 0. The van der Waals surface area contributed by atoms with Crippen LogP contribution in [0.25, 0.3) is 0 Å². The molecule has 1 aliphatic heterocycles. The number of hydrogen-bond acceptors (Lipinski definition) is 3. The van der Waals surface area contributed by atoms with E-state index < -0.39 is 10.0 Å². The van der Waals surface area contributed by atoms with Crippen LogP contribution in [0.2, 0.25) is 0 Å². The van der Waals surface area contributed by atoms with Crippen LogP contribution in [0.3, 0.4) is 0 Å². The number of aryl methyl sites for hydroxylation is 1. The van der Waals surface area contributed by atoms with Gasteiger partial charge in [0.1, 0.15) is 0 Å². The van der Waals surface area contributed by atoms with Crippen LogP contribution in [-0.2, 0) is 10.0 Å². The highest BCUT2D eigenvalue weighted by Crippen LogP contribution is 2.20. The first-order valence-corrected chi connectivity index (χ1v) is 6.72. The van der Waals surface area contributed by atoms with Crippen LogP contribution in [0.1, 0.15) is 5.56 Å². The van der Waals surface area contributed by atoms with Crippen LogP contribution < -0.4 is 5.32 Å². The summed E-state index contributed by atoms with van der Waals surface area (Å²) in [6.45, 7) is 3.29. The van der Waals surface area contributed by atoms with Crippen molar-refractivity contribution in [2.75, 3.05) is 20.1 Å². The van der Waals surface area contributed by atoms with Crippen molar-refractivity contribution in [1.82, 2.24) is 9.62 Å². The number of hydrogen-bond donors (Lipinski definition) is 1. The van der Waals surface area contributed by atoms with E-state index in [0.29, 0.717) is 4.90 Å². The molecule has 1 aromatic carbocycles. The minimum Gasteiger partial charge on any atom is -0.313 e. The lowest BCUT2D eigenvalue weighted by Gasteiger charge is -2.34. The third-order valence-corrected chi connectivity index (χ3v) is 5.10. The van der Waals surface area contributed by atoms with Crippen LogP contribution in [0, 0.1) is 6.92 Å². The first-order valence-electron chi connectivity index (χ1n) is 5.28. The normalized spacial score (nSPS) is 17.4. The van der Waals surface area contributed by atoms with Gasteiger partial charge in [-0.05, 0) is 18.6 Å². The summed E-state index contributed by atoms with van der Waals surface area (Å²) in [4.78, 5) is 0.407. The maximum Gasteiger partial charge on any atom is 0.243 e. The SMILES string of the molecule is Cc1ccccc1S(=O)(=O)N(C)C1CNC1. The Balaban J connectivity index is 2.35. The Morgan fingerprint density at radius 1 is 1.31 bits per heavy atom. The molecule has 1 N–H and O–H groups in total. The monoisotopic (exact) mass is 240 g/mol. The van der Waals surface area contributed by atoms with E-state index in [4.69, 9.17) is 0 Å². The fourth-order valence-electron chi connectivity index (χ4n) is 1.73. The van der Waals surface area contributed by atoms with Gasteiger partial charge in [-0.1, -0.05) is 18.2 Å². The molecule has 5 heteroatoms. The largest absolute Gasteiger partial charge is 0.313 e. The smallest absolute Gasteiger partial charge is 0.243 e. The molecule has 0 radical (unpaired) electrons. The lowest BCUT2D eigenvalue weighted by Crippen LogP contribution is -2.57. The van der Waals surface area contributed by atoms with E-state index in [1.165, 1.54) is 4.31 Å². The molecule has 1 aromatic rings. The van der Waals surface area contributed by atoms with Gasteiger partial charge in [-0.2, -0.15) is 4.31 Å². The molecule has 0 aliphatic carbocycles. The van der Waals surface area contributed by atoms with E-state index in [1.54, 1.807) is 19.2 Å². The maximum atomic E-state index is 12.3. The van der Waals surface area contributed by atoms with Gasteiger partial charge in [-0.25, -0.2) is 8.42 Å². The molecule has 0 spiro atoms. The topological polar surface area (TPSA) is 49.4 Å². The Kier molecular flexibility index (Phi) is 3.01. The van der Waals surface area contributed by atoms with Gasteiger partial charge in [0.2, 0.25) is 10.0 Å². The van der Waals surface area contributed by atoms with Crippen molar-refractivity contribution in [2.24, 2.45) is 0 Å². The molecule has 0 unspecified atom stereocenters. The third-order valence-electron chi connectivity index (χ3n) is 3.02. The van der Waals surface area contributed by atoms with E-state index in [9.17, 15) is 8.42 Å². The van der Waals surface area contributed by atoms with Crippen LogP contribution in [-0.4, -0.2) is 38.9 Å². The van der Waals surface area contributed by atoms with Gasteiger partial charge in [-0.15, -0.1) is 0 Å². The fraction of sp³-hybridized carbons (Fsp3) is 0.455. The van der Waals surface area contributed by atoms with Crippen molar-refractivity contribution < 1.29 is 8.42 Å². The molecule has 4 nitrogen and oxygen atoms in total. The summed E-state index contributed by atoms with van der Waals surface area (Å²) < 4.78 is 26.0.